The van der Waals surface area contributed by atoms with Crippen LogP contribution in [-0.2, 0) is 6.54 Å². The average Bonchev–Trinajstić information content (AvgIpc) is 3.19. The number of hydrogen-bond acceptors (Lipinski definition) is 3. The van der Waals surface area contributed by atoms with Gasteiger partial charge >= 0.3 is 0 Å². The second kappa shape index (κ2) is 8.64. The molecule has 6 rings (SSSR count). The predicted octanol–water partition coefficient (Wildman–Crippen LogP) is 8.01. The number of aromatic nitrogens is 3. The highest BCUT2D eigenvalue weighted by Gasteiger charge is 2.18. The summed E-state index contributed by atoms with van der Waals surface area (Å²) in [5.41, 5.74) is 8.33. The van der Waals surface area contributed by atoms with Crippen molar-refractivity contribution in [3.63, 3.8) is 0 Å². The van der Waals surface area contributed by atoms with E-state index in [-0.39, 0.29) is 0 Å². The van der Waals surface area contributed by atoms with Gasteiger partial charge in [0.1, 0.15) is 5.52 Å². The highest BCUT2D eigenvalue weighted by atomic mass is 15.1. The Balaban J connectivity index is 1.62. The smallest absolute Gasteiger partial charge is 0.160 e. The van der Waals surface area contributed by atoms with E-state index in [4.69, 9.17) is 9.97 Å². The lowest BCUT2D eigenvalue weighted by Gasteiger charge is -2.25. The minimum absolute atomic E-state index is 0.929. The van der Waals surface area contributed by atoms with Crippen LogP contribution in [0.4, 0.5) is 17.1 Å². The summed E-state index contributed by atoms with van der Waals surface area (Å²) in [7, 11) is 0. The zero-order valence-corrected chi connectivity index (χ0v) is 19.2. The van der Waals surface area contributed by atoms with Gasteiger partial charge in [-0.2, -0.15) is 0 Å². The SMILES string of the molecule is CCCCn1c2ccc(N(c3ccccc3)c3ccccc3)cc2c2nc3ccccc3nc21. The van der Waals surface area contributed by atoms with Gasteiger partial charge in [-0.25, -0.2) is 9.97 Å². The van der Waals surface area contributed by atoms with E-state index in [0.29, 0.717) is 0 Å². The zero-order valence-electron chi connectivity index (χ0n) is 19.2. The quantitative estimate of drug-likeness (QED) is 0.262. The Kier molecular flexibility index (Phi) is 5.19. The predicted molar refractivity (Wildman–Crippen MR) is 142 cm³/mol. The van der Waals surface area contributed by atoms with Crippen molar-refractivity contribution in [2.75, 3.05) is 4.90 Å². The molecule has 4 heteroatoms. The van der Waals surface area contributed by atoms with Gasteiger partial charge in [-0.15, -0.1) is 0 Å². The third-order valence-corrected chi connectivity index (χ3v) is 6.36. The molecule has 0 saturated heterocycles. The van der Waals surface area contributed by atoms with E-state index in [1.54, 1.807) is 0 Å². The molecule has 4 aromatic carbocycles. The van der Waals surface area contributed by atoms with Gasteiger partial charge in [0.05, 0.1) is 16.6 Å². The van der Waals surface area contributed by atoms with Crippen LogP contribution in [0.3, 0.4) is 0 Å². The fourth-order valence-electron chi connectivity index (χ4n) is 4.71. The first-order valence-corrected chi connectivity index (χ1v) is 11.9. The second-order valence-corrected chi connectivity index (χ2v) is 8.60. The van der Waals surface area contributed by atoms with E-state index in [2.05, 4.69) is 95.3 Å². The van der Waals surface area contributed by atoms with Gasteiger partial charge in [-0.05, 0) is 61.0 Å². The van der Waals surface area contributed by atoms with Crippen LogP contribution in [0.1, 0.15) is 19.8 Å². The number of rotatable bonds is 6. The van der Waals surface area contributed by atoms with Gasteiger partial charge in [0.2, 0.25) is 0 Å². The molecule has 0 aliphatic heterocycles. The number of benzene rings is 4. The monoisotopic (exact) mass is 442 g/mol. The summed E-state index contributed by atoms with van der Waals surface area (Å²) < 4.78 is 2.34. The third kappa shape index (κ3) is 3.48. The molecular formula is C30H26N4. The molecule has 6 aromatic rings. The van der Waals surface area contributed by atoms with Gasteiger partial charge in [0, 0.05) is 29.0 Å². The second-order valence-electron chi connectivity index (χ2n) is 8.60. The zero-order chi connectivity index (χ0) is 22.9. The molecule has 166 valence electrons. The van der Waals surface area contributed by atoms with Crippen LogP contribution < -0.4 is 4.90 Å². The number of nitrogens with zero attached hydrogens (tertiary/aromatic N) is 4. The molecule has 4 nitrogen and oxygen atoms in total. The van der Waals surface area contributed by atoms with E-state index < -0.39 is 0 Å². The minimum Gasteiger partial charge on any atom is -0.324 e. The molecule has 0 spiro atoms. The van der Waals surface area contributed by atoms with E-state index in [9.17, 15) is 0 Å². The molecule has 0 amide bonds. The molecule has 0 N–H and O–H groups in total. The Bertz CT molecular complexity index is 1550. The van der Waals surface area contributed by atoms with Crippen molar-refractivity contribution >= 4 is 50.2 Å². The van der Waals surface area contributed by atoms with Gasteiger partial charge in [-0.3, -0.25) is 0 Å². The van der Waals surface area contributed by atoms with E-state index >= 15 is 0 Å². The molecule has 0 unspecified atom stereocenters. The van der Waals surface area contributed by atoms with Crippen LogP contribution >= 0.6 is 0 Å². The minimum atomic E-state index is 0.929. The van der Waals surface area contributed by atoms with Crippen molar-refractivity contribution < 1.29 is 0 Å². The van der Waals surface area contributed by atoms with Gasteiger partial charge in [0.25, 0.3) is 0 Å². The number of hydrogen-bond donors (Lipinski definition) is 0. The van der Waals surface area contributed by atoms with Crippen LogP contribution in [0.5, 0.6) is 0 Å². The molecule has 0 saturated carbocycles. The van der Waals surface area contributed by atoms with Crippen LogP contribution in [-0.4, -0.2) is 14.5 Å². The first-order valence-electron chi connectivity index (χ1n) is 11.9. The van der Waals surface area contributed by atoms with Crippen molar-refractivity contribution in [3.8, 4) is 0 Å². The normalized spacial score (nSPS) is 11.4. The number of unbranched alkanes of at least 4 members (excludes halogenated alkanes) is 1. The summed E-state index contributed by atoms with van der Waals surface area (Å²) in [6, 6.07) is 35.9. The lowest BCUT2D eigenvalue weighted by molar-refractivity contribution is 0.661. The first kappa shape index (κ1) is 20.4. The molecule has 0 atom stereocenters. The van der Waals surface area contributed by atoms with Gasteiger partial charge in [-0.1, -0.05) is 61.9 Å². The standard InChI is InChI=1S/C30H26N4/c1-2-3-20-33-28-19-18-24(34(22-12-6-4-7-13-22)23-14-8-5-9-15-23)21-25(28)29-30(33)32-27-17-11-10-16-26(27)31-29/h4-19,21H,2-3,20H2,1H3. The molecule has 2 heterocycles. The van der Waals surface area contributed by atoms with Crippen molar-refractivity contribution in [2.24, 2.45) is 0 Å². The molecule has 2 aromatic heterocycles. The first-order chi connectivity index (χ1) is 16.8. The maximum absolute atomic E-state index is 5.08. The van der Waals surface area contributed by atoms with Crippen LogP contribution in [0.25, 0.3) is 33.1 Å². The molecule has 0 bridgehead atoms. The Labute approximate surface area is 199 Å². The van der Waals surface area contributed by atoms with Gasteiger partial charge in [0.15, 0.2) is 5.65 Å². The largest absolute Gasteiger partial charge is 0.324 e. The third-order valence-electron chi connectivity index (χ3n) is 6.36. The average molecular weight is 443 g/mol. The van der Waals surface area contributed by atoms with E-state index in [1.165, 1.54) is 5.52 Å². The Morgan fingerprint density at radius 2 is 1.29 bits per heavy atom. The van der Waals surface area contributed by atoms with Crippen molar-refractivity contribution in [1.29, 1.82) is 0 Å². The fraction of sp³-hybridized carbons (Fsp3) is 0.133. The lowest BCUT2D eigenvalue weighted by Crippen LogP contribution is -2.09. The Hall–Kier alpha value is -4.18. The lowest BCUT2D eigenvalue weighted by atomic mass is 10.1. The molecule has 0 fully saturated rings. The van der Waals surface area contributed by atoms with Crippen LogP contribution in [0, 0.1) is 0 Å². The van der Waals surface area contributed by atoms with E-state index in [1.807, 2.05) is 24.3 Å². The summed E-state index contributed by atoms with van der Waals surface area (Å²) in [4.78, 5) is 12.4. The van der Waals surface area contributed by atoms with Crippen molar-refractivity contribution in [2.45, 2.75) is 26.3 Å². The van der Waals surface area contributed by atoms with Crippen molar-refractivity contribution in [3.05, 3.63) is 103 Å². The maximum atomic E-state index is 5.08. The number of aryl methyl sites for hydroxylation is 1. The number of para-hydroxylation sites is 4. The van der Waals surface area contributed by atoms with Crippen molar-refractivity contribution in [1.82, 2.24) is 14.5 Å². The van der Waals surface area contributed by atoms with Crippen LogP contribution in [0.2, 0.25) is 0 Å². The molecule has 0 aliphatic carbocycles. The Morgan fingerprint density at radius 3 is 1.94 bits per heavy atom. The van der Waals surface area contributed by atoms with Crippen LogP contribution in [0.15, 0.2) is 103 Å². The Morgan fingerprint density at radius 1 is 0.676 bits per heavy atom. The summed E-state index contributed by atoms with van der Waals surface area (Å²) in [5, 5.41) is 1.14. The summed E-state index contributed by atoms with van der Waals surface area (Å²) in [5.74, 6) is 0. The van der Waals surface area contributed by atoms with Gasteiger partial charge < -0.3 is 9.47 Å². The molecule has 34 heavy (non-hydrogen) atoms. The fourth-order valence-corrected chi connectivity index (χ4v) is 4.71. The molecule has 0 aliphatic rings. The number of fused-ring (bicyclic) bond motifs is 4. The number of anilines is 3. The maximum Gasteiger partial charge on any atom is 0.160 e. The summed E-state index contributed by atoms with van der Waals surface area (Å²) >= 11 is 0. The topological polar surface area (TPSA) is 34.0 Å². The summed E-state index contributed by atoms with van der Waals surface area (Å²) in [6.07, 6.45) is 2.24. The highest BCUT2D eigenvalue weighted by Crippen LogP contribution is 2.38. The molecule has 0 radical (unpaired) electrons. The summed E-state index contributed by atoms with van der Waals surface area (Å²) in [6.45, 7) is 3.16. The van der Waals surface area contributed by atoms with E-state index in [0.717, 1.165) is 64.0 Å². The highest BCUT2D eigenvalue weighted by molar-refractivity contribution is 6.08. The molecular weight excluding hydrogens is 416 g/mol.